The maximum atomic E-state index is 13.2. The highest BCUT2D eigenvalue weighted by atomic mass is 127. The molecule has 0 saturated heterocycles. The van der Waals surface area contributed by atoms with Crippen LogP contribution in [0, 0.1) is 5.82 Å². The lowest BCUT2D eigenvalue weighted by Crippen LogP contribution is -2.38. The first-order valence-electron chi connectivity index (χ1n) is 7.56. The van der Waals surface area contributed by atoms with Crippen molar-refractivity contribution in [2.75, 3.05) is 13.1 Å². The summed E-state index contributed by atoms with van der Waals surface area (Å²) in [6.07, 6.45) is 5.25. The van der Waals surface area contributed by atoms with Gasteiger partial charge in [-0.05, 0) is 49.9 Å². The molecule has 1 heterocycles. The Morgan fingerprint density at radius 2 is 2.23 bits per heavy atom. The molecular weight excluding hydrogens is 394 g/mol. The van der Waals surface area contributed by atoms with Crippen molar-refractivity contribution in [3.8, 4) is 0 Å². The third-order valence-corrected chi connectivity index (χ3v) is 3.64. The number of benzene rings is 1. The highest BCUT2D eigenvalue weighted by Gasteiger charge is 2.21. The summed E-state index contributed by atoms with van der Waals surface area (Å²) in [4.78, 5) is 7.71. The average Bonchev–Trinajstić information content (AvgIpc) is 3.19. The smallest absolute Gasteiger partial charge is 0.191 e. The van der Waals surface area contributed by atoms with E-state index in [1.165, 1.54) is 30.5 Å². The van der Waals surface area contributed by atoms with Crippen molar-refractivity contribution in [2.45, 2.75) is 32.2 Å². The molecule has 1 aromatic carbocycles. The van der Waals surface area contributed by atoms with Crippen LogP contribution in [-0.2, 0) is 6.42 Å². The van der Waals surface area contributed by atoms with E-state index in [1.54, 1.807) is 0 Å². The van der Waals surface area contributed by atoms with E-state index in [9.17, 15) is 4.39 Å². The van der Waals surface area contributed by atoms with Gasteiger partial charge in [-0.15, -0.1) is 24.0 Å². The van der Waals surface area contributed by atoms with E-state index >= 15 is 0 Å². The molecule has 1 aliphatic carbocycles. The molecule has 0 atom stereocenters. The fraction of sp³-hybridized carbons (Fsp3) is 0.438. The number of H-pyrrole nitrogens is 1. The Morgan fingerprint density at radius 1 is 1.41 bits per heavy atom. The Bertz CT molecular complexity index is 649. The Kier molecular flexibility index (Phi) is 6.05. The van der Waals surface area contributed by atoms with Gasteiger partial charge in [-0.2, -0.15) is 0 Å². The first-order chi connectivity index (χ1) is 10.3. The van der Waals surface area contributed by atoms with Crippen molar-refractivity contribution in [1.29, 1.82) is 0 Å². The normalized spacial score (nSPS) is 14.7. The highest BCUT2D eigenvalue weighted by molar-refractivity contribution is 14.0. The maximum Gasteiger partial charge on any atom is 0.191 e. The Balaban J connectivity index is 0.00000176. The van der Waals surface area contributed by atoms with E-state index in [2.05, 4.69) is 27.5 Å². The van der Waals surface area contributed by atoms with E-state index in [4.69, 9.17) is 0 Å². The number of aliphatic imine (C=N–C) groups is 1. The molecule has 120 valence electrons. The summed E-state index contributed by atoms with van der Waals surface area (Å²) in [5.41, 5.74) is 2.02. The monoisotopic (exact) mass is 416 g/mol. The summed E-state index contributed by atoms with van der Waals surface area (Å²) in [7, 11) is 0. The van der Waals surface area contributed by atoms with Gasteiger partial charge in [0.25, 0.3) is 0 Å². The molecule has 22 heavy (non-hydrogen) atoms. The number of rotatable bonds is 5. The number of hydrogen-bond acceptors (Lipinski definition) is 1. The number of halogens is 2. The summed E-state index contributed by atoms with van der Waals surface area (Å²) < 4.78 is 13.2. The van der Waals surface area contributed by atoms with Gasteiger partial charge in [0, 0.05) is 36.2 Å². The van der Waals surface area contributed by atoms with Crippen LogP contribution in [0.25, 0.3) is 10.9 Å². The first-order valence-corrected chi connectivity index (χ1v) is 7.56. The first kappa shape index (κ1) is 17.1. The minimum Gasteiger partial charge on any atom is -0.361 e. The second-order valence-corrected chi connectivity index (χ2v) is 5.43. The van der Waals surface area contributed by atoms with Gasteiger partial charge in [0.1, 0.15) is 5.82 Å². The molecule has 4 nitrogen and oxygen atoms in total. The Morgan fingerprint density at radius 3 is 2.95 bits per heavy atom. The van der Waals surface area contributed by atoms with Crippen molar-refractivity contribution in [2.24, 2.45) is 4.99 Å². The summed E-state index contributed by atoms with van der Waals surface area (Å²) >= 11 is 0. The molecule has 1 aliphatic rings. The molecule has 0 bridgehead atoms. The molecule has 0 unspecified atom stereocenters. The molecule has 0 aliphatic heterocycles. The maximum absolute atomic E-state index is 13.2. The lowest BCUT2D eigenvalue weighted by Gasteiger charge is -2.09. The topological polar surface area (TPSA) is 52.2 Å². The fourth-order valence-corrected chi connectivity index (χ4v) is 2.39. The van der Waals surface area contributed by atoms with E-state index in [1.807, 2.05) is 12.3 Å². The third kappa shape index (κ3) is 4.34. The van der Waals surface area contributed by atoms with E-state index in [0.29, 0.717) is 12.6 Å². The van der Waals surface area contributed by atoms with E-state index in [-0.39, 0.29) is 29.8 Å². The van der Waals surface area contributed by atoms with Gasteiger partial charge in [-0.3, -0.25) is 4.99 Å². The van der Waals surface area contributed by atoms with Crippen molar-refractivity contribution in [3.05, 3.63) is 35.8 Å². The van der Waals surface area contributed by atoms with Gasteiger partial charge in [0.15, 0.2) is 5.96 Å². The second-order valence-electron chi connectivity index (χ2n) is 5.43. The molecule has 1 aromatic heterocycles. The minimum atomic E-state index is -0.211. The van der Waals surface area contributed by atoms with Crippen LogP contribution in [0.3, 0.4) is 0 Å². The SMILES string of the molecule is CCNC(=NCCc1c[nH]c2cc(F)ccc12)NC1CC1.I. The van der Waals surface area contributed by atoms with Crippen LogP contribution >= 0.6 is 24.0 Å². The Labute approximate surface area is 147 Å². The molecular formula is C16H22FIN4. The largest absolute Gasteiger partial charge is 0.361 e. The summed E-state index contributed by atoms with van der Waals surface area (Å²) in [5.74, 6) is 0.683. The van der Waals surface area contributed by atoms with Gasteiger partial charge in [-0.1, -0.05) is 0 Å². The van der Waals surface area contributed by atoms with E-state index in [0.717, 1.165) is 29.8 Å². The standard InChI is InChI=1S/C16H21FN4.HI/c1-2-18-16(21-13-4-5-13)19-8-7-11-10-20-15-9-12(17)3-6-14(11)15;/h3,6,9-10,13,20H,2,4-5,7-8H2,1H3,(H2,18,19,21);1H. The van der Waals surface area contributed by atoms with Gasteiger partial charge in [0.2, 0.25) is 0 Å². The van der Waals surface area contributed by atoms with Crippen LogP contribution in [0.2, 0.25) is 0 Å². The number of fused-ring (bicyclic) bond motifs is 1. The molecule has 6 heteroatoms. The Hall–Kier alpha value is -1.31. The predicted octanol–water partition coefficient (Wildman–Crippen LogP) is 3.19. The lowest BCUT2D eigenvalue weighted by molar-refractivity contribution is 0.629. The average molecular weight is 416 g/mol. The zero-order valence-electron chi connectivity index (χ0n) is 12.7. The molecule has 2 aromatic rings. The second kappa shape index (κ2) is 7.80. The van der Waals surface area contributed by atoms with Crippen molar-refractivity contribution >= 4 is 40.8 Å². The van der Waals surface area contributed by atoms with Crippen LogP contribution in [0.5, 0.6) is 0 Å². The fourth-order valence-electron chi connectivity index (χ4n) is 2.39. The number of aromatic amines is 1. The number of guanidine groups is 1. The zero-order valence-corrected chi connectivity index (χ0v) is 15.0. The highest BCUT2D eigenvalue weighted by Crippen LogP contribution is 2.20. The molecule has 0 spiro atoms. The zero-order chi connectivity index (χ0) is 14.7. The van der Waals surface area contributed by atoms with Gasteiger partial charge < -0.3 is 15.6 Å². The summed E-state index contributed by atoms with van der Waals surface area (Å²) in [5, 5.41) is 7.73. The van der Waals surface area contributed by atoms with Crippen molar-refractivity contribution in [1.82, 2.24) is 15.6 Å². The molecule has 1 saturated carbocycles. The predicted molar refractivity (Wildman–Crippen MR) is 99.5 cm³/mol. The minimum absolute atomic E-state index is 0. The number of hydrogen-bond donors (Lipinski definition) is 3. The van der Waals surface area contributed by atoms with Crippen LogP contribution in [-0.4, -0.2) is 30.1 Å². The van der Waals surface area contributed by atoms with Crippen molar-refractivity contribution < 1.29 is 4.39 Å². The van der Waals surface area contributed by atoms with Gasteiger partial charge in [-0.25, -0.2) is 4.39 Å². The van der Waals surface area contributed by atoms with E-state index < -0.39 is 0 Å². The van der Waals surface area contributed by atoms with Crippen LogP contribution in [0.4, 0.5) is 4.39 Å². The van der Waals surface area contributed by atoms with Crippen molar-refractivity contribution in [3.63, 3.8) is 0 Å². The van der Waals surface area contributed by atoms with Crippen LogP contribution in [0.15, 0.2) is 29.4 Å². The number of nitrogens with one attached hydrogen (secondary N) is 3. The van der Waals surface area contributed by atoms with Crippen LogP contribution in [0.1, 0.15) is 25.3 Å². The quantitative estimate of drug-likeness (QED) is 0.399. The molecule has 3 rings (SSSR count). The van der Waals surface area contributed by atoms with Gasteiger partial charge in [0.05, 0.1) is 0 Å². The van der Waals surface area contributed by atoms with Gasteiger partial charge >= 0.3 is 0 Å². The lowest BCUT2D eigenvalue weighted by atomic mass is 10.1. The summed E-state index contributed by atoms with van der Waals surface area (Å²) in [6.45, 7) is 3.65. The molecule has 3 N–H and O–H groups in total. The molecule has 0 radical (unpaired) electrons. The number of nitrogens with zero attached hydrogens (tertiary/aromatic N) is 1. The third-order valence-electron chi connectivity index (χ3n) is 3.64. The van der Waals surface area contributed by atoms with Crippen LogP contribution < -0.4 is 10.6 Å². The molecule has 0 amide bonds. The number of aromatic nitrogens is 1. The molecule has 1 fully saturated rings. The summed E-state index contributed by atoms with van der Waals surface area (Å²) in [6, 6.07) is 5.45.